The largest absolute Gasteiger partial charge is 0.384 e. The number of amides is 1. The minimum absolute atomic E-state index is 0.104. The van der Waals surface area contributed by atoms with E-state index in [0.29, 0.717) is 23.6 Å². The zero-order valence-corrected chi connectivity index (χ0v) is 12.3. The van der Waals surface area contributed by atoms with Gasteiger partial charge in [-0.25, -0.2) is 0 Å². The third-order valence-corrected chi connectivity index (χ3v) is 3.61. The number of carbonyl (C=O) groups excluding carboxylic acids is 1. The Kier molecular flexibility index (Phi) is 5.79. The zero-order valence-electron chi connectivity index (χ0n) is 12.3. The minimum Gasteiger partial charge on any atom is -0.384 e. The monoisotopic (exact) mass is 287 g/mol. The first-order valence-electron chi connectivity index (χ1n) is 7.27. The molecule has 112 valence electrons. The Morgan fingerprint density at radius 2 is 2.19 bits per heavy atom. The number of rotatable bonds is 3. The second kappa shape index (κ2) is 7.82. The number of aliphatic hydroxyl groups is 1. The van der Waals surface area contributed by atoms with Crippen LogP contribution in [0, 0.1) is 24.7 Å². The molecule has 0 saturated carbocycles. The maximum atomic E-state index is 12.4. The number of carbonyl (C=O) groups is 1. The molecule has 0 bridgehead atoms. The summed E-state index contributed by atoms with van der Waals surface area (Å²) in [4.78, 5) is 12.4. The lowest BCUT2D eigenvalue weighted by atomic mass is 9.99. The van der Waals surface area contributed by atoms with Crippen LogP contribution in [0.1, 0.15) is 34.3 Å². The van der Waals surface area contributed by atoms with E-state index < -0.39 is 0 Å². The Labute approximate surface area is 125 Å². The minimum atomic E-state index is -0.211. The Morgan fingerprint density at radius 1 is 1.43 bits per heavy atom. The van der Waals surface area contributed by atoms with Gasteiger partial charge in [-0.1, -0.05) is 23.5 Å². The molecule has 0 aromatic heterocycles. The summed E-state index contributed by atoms with van der Waals surface area (Å²) in [5, 5.41) is 11.8. The van der Waals surface area contributed by atoms with Crippen molar-refractivity contribution in [2.45, 2.75) is 19.8 Å². The standard InChI is InChI=1S/C17H21NO3/c1-13-4-5-15(3-2-8-19)16(11-13)17(20)18-12-14-6-9-21-10-7-14/h4-5,11,14,19H,6-10,12H2,1H3,(H,18,20). The van der Waals surface area contributed by atoms with E-state index in [-0.39, 0.29) is 12.5 Å². The summed E-state index contributed by atoms with van der Waals surface area (Å²) < 4.78 is 5.32. The fourth-order valence-electron chi connectivity index (χ4n) is 2.37. The quantitative estimate of drug-likeness (QED) is 0.828. The van der Waals surface area contributed by atoms with Gasteiger partial charge < -0.3 is 15.2 Å². The lowest BCUT2D eigenvalue weighted by molar-refractivity contribution is 0.0642. The normalized spacial score (nSPS) is 15.1. The molecule has 0 unspecified atom stereocenters. The molecule has 1 saturated heterocycles. The molecule has 1 aliphatic heterocycles. The van der Waals surface area contributed by atoms with E-state index in [1.807, 2.05) is 25.1 Å². The van der Waals surface area contributed by atoms with Crippen LogP contribution in [0.15, 0.2) is 18.2 Å². The van der Waals surface area contributed by atoms with Gasteiger partial charge in [0.25, 0.3) is 5.91 Å². The van der Waals surface area contributed by atoms with E-state index in [9.17, 15) is 4.79 Å². The van der Waals surface area contributed by atoms with E-state index >= 15 is 0 Å². The van der Waals surface area contributed by atoms with Crippen molar-refractivity contribution in [3.63, 3.8) is 0 Å². The predicted octanol–water partition coefficient (Wildman–Crippen LogP) is 1.50. The van der Waals surface area contributed by atoms with E-state index in [1.54, 1.807) is 0 Å². The number of hydrogen-bond donors (Lipinski definition) is 2. The highest BCUT2D eigenvalue weighted by molar-refractivity contribution is 5.96. The second-order valence-corrected chi connectivity index (χ2v) is 5.27. The number of nitrogens with one attached hydrogen (secondary N) is 1. The van der Waals surface area contributed by atoms with Crippen LogP contribution in [0.25, 0.3) is 0 Å². The molecule has 0 spiro atoms. The van der Waals surface area contributed by atoms with Crippen molar-refractivity contribution in [3.8, 4) is 11.8 Å². The Bertz CT molecular complexity index is 551. The van der Waals surface area contributed by atoms with E-state index in [0.717, 1.165) is 31.6 Å². The molecule has 4 nitrogen and oxygen atoms in total. The van der Waals surface area contributed by atoms with E-state index in [1.165, 1.54) is 0 Å². The SMILES string of the molecule is Cc1ccc(C#CCO)c(C(=O)NCC2CCOCC2)c1. The molecule has 0 atom stereocenters. The summed E-state index contributed by atoms with van der Waals surface area (Å²) in [6.45, 7) is 3.95. The molecule has 1 heterocycles. The van der Waals surface area contributed by atoms with Gasteiger partial charge in [0, 0.05) is 25.3 Å². The van der Waals surface area contributed by atoms with Crippen LogP contribution in [0.3, 0.4) is 0 Å². The van der Waals surface area contributed by atoms with Crippen LogP contribution >= 0.6 is 0 Å². The van der Waals surface area contributed by atoms with Gasteiger partial charge in [-0.15, -0.1) is 0 Å². The Balaban J connectivity index is 2.04. The van der Waals surface area contributed by atoms with Gasteiger partial charge in [0.05, 0.1) is 5.56 Å². The average Bonchev–Trinajstić information content (AvgIpc) is 2.52. The highest BCUT2D eigenvalue weighted by atomic mass is 16.5. The summed E-state index contributed by atoms with van der Waals surface area (Å²) in [7, 11) is 0. The fraction of sp³-hybridized carbons (Fsp3) is 0.471. The molecular weight excluding hydrogens is 266 g/mol. The van der Waals surface area contributed by atoms with Crippen LogP contribution in [-0.4, -0.2) is 37.4 Å². The average molecular weight is 287 g/mol. The first-order valence-corrected chi connectivity index (χ1v) is 7.27. The van der Waals surface area contributed by atoms with Crippen LogP contribution in [0.5, 0.6) is 0 Å². The molecule has 4 heteroatoms. The molecule has 1 aromatic rings. The maximum Gasteiger partial charge on any atom is 0.252 e. The van der Waals surface area contributed by atoms with Crippen LogP contribution < -0.4 is 5.32 Å². The molecule has 1 aliphatic rings. The van der Waals surface area contributed by atoms with E-state index in [4.69, 9.17) is 9.84 Å². The highest BCUT2D eigenvalue weighted by Gasteiger charge is 2.16. The first kappa shape index (κ1) is 15.6. The molecule has 0 radical (unpaired) electrons. The summed E-state index contributed by atoms with van der Waals surface area (Å²) in [6.07, 6.45) is 1.98. The number of ether oxygens (including phenoxy) is 1. The van der Waals surface area contributed by atoms with Crippen molar-refractivity contribution >= 4 is 5.91 Å². The zero-order chi connectivity index (χ0) is 15.1. The molecule has 0 aliphatic carbocycles. The van der Waals surface area contributed by atoms with Crippen molar-refractivity contribution in [3.05, 3.63) is 34.9 Å². The summed E-state index contributed by atoms with van der Waals surface area (Å²) in [6, 6.07) is 5.57. The summed E-state index contributed by atoms with van der Waals surface area (Å²) >= 11 is 0. The van der Waals surface area contributed by atoms with Gasteiger partial charge in [0.1, 0.15) is 6.61 Å². The summed E-state index contributed by atoms with van der Waals surface area (Å²) in [5.41, 5.74) is 2.24. The molecule has 2 N–H and O–H groups in total. The maximum absolute atomic E-state index is 12.4. The smallest absolute Gasteiger partial charge is 0.252 e. The molecule has 1 aromatic carbocycles. The van der Waals surface area contributed by atoms with Crippen molar-refractivity contribution in [2.24, 2.45) is 5.92 Å². The lowest BCUT2D eigenvalue weighted by Crippen LogP contribution is -2.32. The first-order chi connectivity index (χ1) is 10.2. The second-order valence-electron chi connectivity index (χ2n) is 5.27. The van der Waals surface area contributed by atoms with Gasteiger partial charge in [0.2, 0.25) is 0 Å². The third-order valence-electron chi connectivity index (χ3n) is 3.61. The van der Waals surface area contributed by atoms with Crippen molar-refractivity contribution < 1.29 is 14.6 Å². The van der Waals surface area contributed by atoms with Crippen LogP contribution in [0.4, 0.5) is 0 Å². The van der Waals surface area contributed by atoms with Crippen LogP contribution in [0.2, 0.25) is 0 Å². The van der Waals surface area contributed by atoms with Gasteiger partial charge in [-0.2, -0.15) is 0 Å². The molecule has 2 rings (SSSR count). The summed E-state index contributed by atoms with van der Waals surface area (Å²) in [5.74, 6) is 5.80. The van der Waals surface area contributed by atoms with Gasteiger partial charge in [-0.05, 0) is 37.8 Å². The topological polar surface area (TPSA) is 58.6 Å². The highest BCUT2D eigenvalue weighted by Crippen LogP contribution is 2.15. The molecular formula is C17H21NO3. The molecule has 1 amide bonds. The third kappa shape index (κ3) is 4.59. The van der Waals surface area contributed by atoms with E-state index in [2.05, 4.69) is 17.2 Å². The predicted molar refractivity (Wildman–Crippen MR) is 81.0 cm³/mol. The van der Waals surface area contributed by atoms with Crippen molar-refractivity contribution in [1.82, 2.24) is 5.32 Å². The number of aliphatic hydroxyl groups excluding tert-OH is 1. The number of hydrogen-bond acceptors (Lipinski definition) is 3. The Hall–Kier alpha value is -1.83. The number of aryl methyl sites for hydroxylation is 1. The number of benzene rings is 1. The molecule has 21 heavy (non-hydrogen) atoms. The van der Waals surface area contributed by atoms with Crippen molar-refractivity contribution in [1.29, 1.82) is 0 Å². The fourth-order valence-corrected chi connectivity index (χ4v) is 2.37. The van der Waals surface area contributed by atoms with Crippen LogP contribution in [-0.2, 0) is 4.74 Å². The lowest BCUT2D eigenvalue weighted by Gasteiger charge is -2.22. The Morgan fingerprint density at radius 3 is 2.90 bits per heavy atom. The molecule has 1 fully saturated rings. The van der Waals surface area contributed by atoms with Crippen molar-refractivity contribution in [2.75, 3.05) is 26.4 Å². The van der Waals surface area contributed by atoms with Gasteiger partial charge in [-0.3, -0.25) is 4.79 Å². The van der Waals surface area contributed by atoms with Gasteiger partial charge >= 0.3 is 0 Å². The van der Waals surface area contributed by atoms with Gasteiger partial charge in [0.15, 0.2) is 0 Å².